The summed E-state index contributed by atoms with van der Waals surface area (Å²) in [4.78, 5) is 0. The Morgan fingerprint density at radius 2 is 1.47 bits per heavy atom. The average Bonchev–Trinajstić information content (AvgIpc) is 2.64. The minimum absolute atomic E-state index is 0. The molecule has 0 atom stereocenters. The first-order valence-electron chi connectivity index (χ1n) is 6.05. The molecule has 0 bridgehead atoms. The van der Waals surface area contributed by atoms with Gasteiger partial charge in [-0.15, -0.1) is 0 Å². The van der Waals surface area contributed by atoms with E-state index < -0.39 is 0 Å². The summed E-state index contributed by atoms with van der Waals surface area (Å²) in [5.41, 5.74) is 3.71. The summed E-state index contributed by atoms with van der Waals surface area (Å²) in [7, 11) is 2.33. The molecule has 0 aliphatic carbocycles. The zero-order chi connectivity index (χ0) is 11.0. The standard InChI is InChI=1S/C11H25N2O2.2ClH/c1-13(5-2-3-6-13)7-9-15-11-10-14-8-4-12;;/h2-12H2,1H3;2*1H/q+1;;/p-1. The zero-order valence-corrected chi connectivity index (χ0v) is 12.3. The number of rotatable bonds is 8. The van der Waals surface area contributed by atoms with E-state index in [4.69, 9.17) is 9.47 Å². The molecule has 1 heterocycles. The molecular formula is C11H26Cl2N2O2. The molecule has 106 valence electrons. The molecule has 0 aromatic carbocycles. The monoisotopic (exact) mass is 288 g/mol. The fraction of sp³-hybridized carbons (Fsp3) is 1.00. The van der Waals surface area contributed by atoms with Gasteiger partial charge in [0.1, 0.15) is 6.54 Å². The van der Waals surface area contributed by atoms with Crippen LogP contribution >= 0.6 is 0 Å². The fourth-order valence-corrected chi connectivity index (χ4v) is 2.03. The van der Waals surface area contributed by atoms with Crippen molar-refractivity contribution in [2.45, 2.75) is 12.8 Å². The first-order valence-corrected chi connectivity index (χ1v) is 6.05. The number of nitrogens with zero attached hydrogens (tertiary/aromatic N) is 1. The van der Waals surface area contributed by atoms with Crippen molar-refractivity contribution < 1.29 is 44.5 Å². The van der Waals surface area contributed by atoms with Gasteiger partial charge >= 0.3 is 0 Å². The van der Waals surface area contributed by atoms with E-state index in [-0.39, 0.29) is 24.8 Å². The summed E-state index contributed by atoms with van der Waals surface area (Å²) in [6.07, 6.45) is 2.76. The third kappa shape index (κ3) is 9.05. The average molecular weight is 289 g/mol. The van der Waals surface area contributed by atoms with Crippen LogP contribution in [-0.2, 0) is 9.47 Å². The number of quaternary nitrogens is 2. The van der Waals surface area contributed by atoms with E-state index in [1.54, 1.807) is 0 Å². The highest BCUT2D eigenvalue weighted by molar-refractivity contribution is 4.51. The smallest absolute Gasteiger partial charge is 0.102 e. The highest BCUT2D eigenvalue weighted by atomic mass is 35.5. The van der Waals surface area contributed by atoms with Crippen molar-refractivity contribution in [2.75, 3.05) is 59.7 Å². The van der Waals surface area contributed by atoms with Gasteiger partial charge in [0.15, 0.2) is 0 Å². The van der Waals surface area contributed by atoms with E-state index >= 15 is 0 Å². The normalized spacial score (nSPS) is 17.3. The summed E-state index contributed by atoms with van der Waals surface area (Å²) >= 11 is 0. The van der Waals surface area contributed by atoms with Crippen LogP contribution in [-0.4, -0.2) is 64.1 Å². The van der Waals surface area contributed by atoms with Gasteiger partial charge in [0.25, 0.3) is 0 Å². The van der Waals surface area contributed by atoms with E-state index in [0.29, 0.717) is 6.61 Å². The third-order valence-corrected chi connectivity index (χ3v) is 3.08. The van der Waals surface area contributed by atoms with Crippen LogP contribution in [0.1, 0.15) is 12.8 Å². The number of likely N-dealkylation sites (tertiary alicyclic amines) is 1. The van der Waals surface area contributed by atoms with Crippen LogP contribution in [0.3, 0.4) is 0 Å². The lowest BCUT2D eigenvalue weighted by Gasteiger charge is -2.28. The second kappa shape index (κ2) is 11.5. The van der Waals surface area contributed by atoms with Crippen molar-refractivity contribution in [1.29, 1.82) is 0 Å². The van der Waals surface area contributed by atoms with Gasteiger partial charge in [0.2, 0.25) is 0 Å². The Labute approximate surface area is 117 Å². The highest BCUT2D eigenvalue weighted by Gasteiger charge is 2.25. The van der Waals surface area contributed by atoms with Gasteiger partial charge in [-0.05, 0) is 0 Å². The maximum Gasteiger partial charge on any atom is 0.102 e. The van der Waals surface area contributed by atoms with Crippen molar-refractivity contribution >= 4 is 0 Å². The van der Waals surface area contributed by atoms with E-state index in [9.17, 15) is 0 Å². The molecule has 1 aliphatic heterocycles. The van der Waals surface area contributed by atoms with Crippen molar-refractivity contribution in [1.82, 2.24) is 0 Å². The van der Waals surface area contributed by atoms with Crippen LogP contribution in [0.4, 0.5) is 0 Å². The maximum atomic E-state index is 5.55. The Balaban J connectivity index is 0. The molecule has 0 radical (unpaired) electrons. The molecule has 0 amide bonds. The van der Waals surface area contributed by atoms with Gasteiger partial charge in [-0.25, -0.2) is 0 Å². The molecular weight excluding hydrogens is 263 g/mol. The second-order valence-electron chi connectivity index (χ2n) is 4.58. The Kier molecular flexibility index (Phi) is 13.4. The Hall–Kier alpha value is 0.420. The molecule has 4 nitrogen and oxygen atoms in total. The fourth-order valence-electron chi connectivity index (χ4n) is 2.03. The van der Waals surface area contributed by atoms with Crippen LogP contribution in [0.2, 0.25) is 0 Å². The minimum Gasteiger partial charge on any atom is -1.00 e. The summed E-state index contributed by atoms with van der Waals surface area (Å²) in [5.74, 6) is 0. The van der Waals surface area contributed by atoms with Crippen molar-refractivity contribution in [2.24, 2.45) is 0 Å². The van der Waals surface area contributed by atoms with E-state index in [0.717, 1.165) is 32.9 Å². The number of likely N-dealkylation sites (N-methyl/N-ethyl adjacent to an activating group) is 1. The minimum atomic E-state index is 0. The van der Waals surface area contributed by atoms with E-state index in [2.05, 4.69) is 12.8 Å². The van der Waals surface area contributed by atoms with Crippen molar-refractivity contribution in [3.63, 3.8) is 0 Å². The molecule has 1 rings (SSSR count). The van der Waals surface area contributed by atoms with Gasteiger partial charge < -0.3 is 44.5 Å². The molecule has 1 saturated heterocycles. The number of halogens is 2. The molecule has 0 spiro atoms. The molecule has 0 aromatic rings. The van der Waals surface area contributed by atoms with Crippen molar-refractivity contribution in [3.05, 3.63) is 0 Å². The number of hydrogen-bond donors (Lipinski definition) is 1. The molecule has 6 heteroatoms. The van der Waals surface area contributed by atoms with Crippen molar-refractivity contribution in [3.8, 4) is 0 Å². The summed E-state index contributed by atoms with van der Waals surface area (Å²) in [5, 5.41) is 0. The Morgan fingerprint density at radius 1 is 0.941 bits per heavy atom. The first kappa shape index (κ1) is 19.8. The summed E-state index contributed by atoms with van der Waals surface area (Å²) < 4.78 is 12.0. The molecule has 0 aromatic heterocycles. The van der Waals surface area contributed by atoms with Gasteiger partial charge in [0.05, 0.1) is 53.1 Å². The molecule has 0 unspecified atom stereocenters. The molecule has 3 N–H and O–H groups in total. The van der Waals surface area contributed by atoms with Crippen LogP contribution in [0.25, 0.3) is 0 Å². The predicted molar refractivity (Wildman–Crippen MR) is 59.4 cm³/mol. The van der Waals surface area contributed by atoms with E-state index in [1.807, 2.05) is 0 Å². The lowest BCUT2D eigenvalue weighted by molar-refractivity contribution is -0.898. The van der Waals surface area contributed by atoms with Crippen LogP contribution in [0, 0.1) is 0 Å². The second-order valence-corrected chi connectivity index (χ2v) is 4.58. The first-order chi connectivity index (χ1) is 7.27. The third-order valence-electron chi connectivity index (χ3n) is 3.08. The van der Waals surface area contributed by atoms with Crippen LogP contribution in [0.5, 0.6) is 0 Å². The topological polar surface area (TPSA) is 46.1 Å². The van der Waals surface area contributed by atoms with Gasteiger partial charge in [-0.3, -0.25) is 0 Å². The van der Waals surface area contributed by atoms with Gasteiger partial charge in [0, 0.05) is 12.8 Å². The van der Waals surface area contributed by atoms with Crippen LogP contribution in [0.15, 0.2) is 0 Å². The highest BCUT2D eigenvalue weighted by Crippen LogP contribution is 2.15. The lowest BCUT2D eigenvalue weighted by Crippen LogP contribution is -3.00. The Morgan fingerprint density at radius 3 is 2.00 bits per heavy atom. The van der Waals surface area contributed by atoms with Gasteiger partial charge in [-0.1, -0.05) is 0 Å². The van der Waals surface area contributed by atoms with Gasteiger partial charge in [-0.2, -0.15) is 0 Å². The summed E-state index contributed by atoms with van der Waals surface area (Å²) in [6.45, 7) is 7.67. The van der Waals surface area contributed by atoms with E-state index in [1.165, 1.54) is 30.4 Å². The maximum absolute atomic E-state index is 5.55. The SMILES string of the molecule is C[N+]1(CCOCCOCC[NH3+])CCCC1.[Cl-].[Cl-]. The predicted octanol–water partition coefficient (Wildman–Crippen LogP) is -6.49. The molecule has 0 saturated carbocycles. The molecule has 1 fully saturated rings. The summed E-state index contributed by atoms with van der Waals surface area (Å²) in [6, 6.07) is 0. The lowest BCUT2D eigenvalue weighted by atomic mass is 10.4. The Bertz CT molecular complexity index is 168. The van der Waals surface area contributed by atoms with Crippen LogP contribution < -0.4 is 30.5 Å². The number of ether oxygens (including phenoxy) is 2. The zero-order valence-electron chi connectivity index (χ0n) is 10.8. The molecule has 17 heavy (non-hydrogen) atoms. The quantitative estimate of drug-likeness (QED) is 0.357. The largest absolute Gasteiger partial charge is 1.00 e. The number of hydrogen-bond acceptors (Lipinski definition) is 2. The molecule has 1 aliphatic rings.